The molecule has 1 aliphatic rings. The minimum atomic E-state index is -3.18. The molecule has 0 aliphatic carbocycles. The number of piperidine rings is 1. The Morgan fingerprint density at radius 2 is 1.85 bits per heavy atom. The maximum atomic E-state index is 12.3. The van der Waals surface area contributed by atoms with Crippen molar-refractivity contribution in [1.29, 1.82) is 0 Å². The Morgan fingerprint density at radius 3 is 2.42 bits per heavy atom. The lowest BCUT2D eigenvalue weighted by Crippen LogP contribution is -2.46. The monoisotopic (exact) mass is 382 g/mol. The van der Waals surface area contributed by atoms with Gasteiger partial charge in [-0.15, -0.1) is 0 Å². The van der Waals surface area contributed by atoms with Crippen LogP contribution in [0.15, 0.2) is 18.2 Å². The number of para-hydroxylation sites is 1. The van der Waals surface area contributed by atoms with Crippen LogP contribution in [-0.4, -0.2) is 50.7 Å². The maximum Gasteiger partial charge on any atom is 0.222 e. The predicted molar refractivity (Wildman–Crippen MR) is 103 cm³/mol. The van der Waals surface area contributed by atoms with Gasteiger partial charge in [-0.05, 0) is 51.2 Å². The number of carbonyl (C=O) groups excluding carboxylic acids is 1. The van der Waals surface area contributed by atoms with E-state index < -0.39 is 10.0 Å². The summed E-state index contributed by atoms with van der Waals surface area (Å²) in [6, 6.07) is 5.98. The van der Waals surface area contributed by atoms with Gasteiger partial charge in [0.15, 0.2) is 0 Å². The van der Waals surface area contributed by atoms with Gasteiger partial charge < -0.3 is 9.64 Å². The number of nitrogens with one attached hydrogen (secondary N) is 1. The number of hydrogen-bond donors (Lipinski definition) is 1. The molecule has 7 heteroatoms. The SMILES string of the molecule is CCS(=O)(=O)NC1CCN(C(=O)CCCOc2c(C)cccc2C)CC1. The Bertz CT molecular complexity index is 690. The lowest BCUT2D eigenvalue weighted by Gasteiger charge is -2.32. The highest BCUT2D eigenvalue weighted by atomic mass is 32.2. The maximum absolute atomic E-state index is 12.3. The van der Waals surface area contributed by atoms with Gasteiger partial charge in [-0.1, -0.05) is 18.2 Å². The molecular formula is C19H30N2O4S. The molecule has 2 rings (SSSR count). The van der Waals surface area contributed by atoms with Crippen LogP contribution in [0.5, 0.6) is 5.75 Å². The molecule has 1 aliphatic heterocycles. The average molecular weight is 383 g/mol. The minimum Gasteiger partial charge on any atom is -0.493 e. The highest BCUT2D eigenvalue weighted by Gasteiger charge is 2.25. The second-order valence-electron chi connectivity index (χ2n) is 6.85. The van der Waals surface area contributed by atoms with E-state index in [1.54, 1.807) is 6.92 Å². The number of carbonyl (C=O) groups is 1. The standard InChI is InChI=1S/C19H30N2O4S/c1-4-26(23,24)20-17-10-12-21(13-11-17)18(22)9-6-14-25-19-15(2)7-5-8-16(19)3/h5,7-8,17,20H,4,6,9-14H2,1-3H3. The number of likely N-dealkylation sites (tertiary alicyclic amines) is 1. The van der Waals surface area contributed by atoms with Gasteiger partial charge in [0.05, 0.1) is 12.4 Å². The Kier molecular flexibility index (Phi) is 7.46. The zero-order valence-corrected chi connectivity index (χ0v) is 16.8. The average Bonchev–Trinajstić information content (AvgIpc) is 2.61. The fourth-order valence-corrected chi connectivity index (χ4v) is 4.08. The van der Waals surface area contributed by atoms with Crippen LogP contribution in [0.1, 0.15) is 43.7 Å². The van der Waals surface area contributed by atoms with Crippen molar-refractivity contribution in [3.8, 4) is 5.75 Å². The summed E-state index contributed by atoms with van der Waals surface area (Å²) < 4.78 is 31.8. The van der Waals surface area contributed by atoms with Crippen LogP contribution in [0.3, 0.4) is 0 Å². The minimum absolute atomic E-state index is 0.0589. The van der Waals surface area contributed by atoms with Crippen molar-refractivity contribution in [1.82, 2.24) is 9.62 Å². The second kappa shape index (κ2) is 9.37. The number of ether oxygens (including phenoxy) is 1. The quantitative estimate of drug-likeness (QED) is 0.701. The van der Waals surface area contributed by atoms with Crippen LogP contribution in [0, 0.1) is 13.8 Å². The molecule has 6 nitrogen and oxygen atoms in total. The number of sulfonamides is 1. The summed E-state index contributed by atoms with van der Waals surface area (Å²) in [5.74, 6) is 1.11. The van der Waals surface area contributed by atoms with Gasteiger partial charge in [0.25, 0.3) is 0 Å². The van der Waals surface area contributed by atoms with Crippen LogP contribution >= 0.6 is 0 Å². The molecule has 0 spiro atoms. The fraction of sp³-hybridized carbons (Fsp3) is 0.632. The Morgan fingerprint density at radius 1 is 1.23 bits per heavy atom. The number of hydrogen-bond acceptors (Lipinski definition) is 4. The molecule has 0 saturated carbocycles. The van der Waals surface area contributed by atoms with Crippen LogP contribution < -0.4 is 9.46 Å². The summed E-state index contributed by atoms with van der Waals surface area (Å²) in [5.41, 5.74) is 2.21. The molecule has 0 unspecified atom stereocenters. The van der Waals surface area contributed by atoms with Crippen molar-refractivity contribution < 1.29 is 17.9 Å². The van der Waals surface area contributed by atoms with Gasteiger partial charge in [0, 0.05) is 25.6 Å². The van der Waals surface area contributed by atoms with Crippen LogP contribution in [0.4, 0.5) is 0 Å². The van der Waals surface area contributed by atoms with Crippen LogP contribution in [0.2, 0.25) is 0 Å². The van der Waals surface area contributed by atoms with Crippen molar-refractivity contribution in [2.75, 3.05) is 25.4 Å². The molecule has 146 valence electrons. The van der Waals surface area contributed by atoms with Gasteiger partial charge in [0.1, 0.15) is 5.75 Å². The summed E-state index contributed by atoms with van der Waals surface area (Å²) in [4.78, 5) is 14.2. The molecule has 1 aromatic carbocycles. The van der Waals surface area contributed by atoms with Crippen molar-refractivity contribution in [2.45, 2.75) is 52.5 Å². The van der Waals surface area contributed by atoms with E-state index in [9.17, 15) is 13.2 Å². The van der Waals surface area contributed by atoms with Crippen LogP contribution in [-0.2, 0) is 14.8 Å². The smallest absolute Gasteiger partial charge is 0.222 e. The molecule has 1 N–H and O–H groups in total. The molecule has 26 heavy (non-hydrogen) atoms. The zero-order chi connectivity index (χ0) is 19.2. The second-order valence-corrected chi connectivity index (χ2v) is 8.89. The highest BCUT2D eigenvalue weighted by molar-refractivity contribution is 7.89. The number of rotatable bonds is 8. The van der Waals surface area contributed by atoms with E-state index in [0.717, 1.165) is 16.9 Å². The zero-order valence-electron chi connectivity index (χ0n) is 16.0. The number of aryl methyl sites for hydroxylation is 2. The third-order valence-electron chi connectivity index (χ3n) is 4.76. The molecule has 1 saturated heterocycles. The van der Waals surface area contributed by atoms with Crippen molar-refractivity contribution in [3.05, 3.63) is 29.3 Å². The molecule has 0 atom stereocenters. The summed E-state index contributed by atoms with van der Waals surface area (Å²) in [5, 5.41) is 0. The highest BCUT2D eigenvalue weighted by Crippen LogP contribution is 2.22. The molecule has 1 amide bonds. The number of benzene rings is 1. The molecule has 1 fully saturated rings. The third-order valence-corrected chi connectivity index (χ3v) is 6.22. The number of amides is 1. The van der Waals surface area contributed by atoms with Gasteiger partial charge in [-0.25, -0.2) is 13.1 Å². The van der Waals surface area contributed by atoms with Gasteiger partial charge in [-0.3, -0.25) is 4.79 Å². The van der Waals surface area contributed by atoms with Crippen molar-refractivity contribution in [3.63, 3.8) is 0 Å². The Labute approximate surface area is 157 Å². The van der Waals surface area contributed by atoms with Gasteiger partial charge in [-0.2, -0.15) is 0 Å². The lowest BCUT2D eigenvalue weighted by molar-refractivity contribution is -0.132. The molecule has 0 bridgehead atoms. The molecule has 1 heterocycles. The predicted octanol–water partition coefficient (Wildman–Crippen LogP) is 2.39. The van der Waals surface area contributed by atoms with E-state index in [-0.39, 0.29) is 17.7 Å². The largest absolute Gasteiger partial charge is 0.493 e. The summed E-state index contributed by atoms with van der Waals surface area (Å²) in [7, 11) is -3.18. The van der Waals surface area contributed by atoms with Gasteiger partial charge >= 0.3 is 0 Å². The first-order valence-electron chi connectivity index (χ1n) is 9.29. The molecular weight excluding hydrogens is 352 g/mol. The topological polar surface area (TPSA) is 75.7 Å². The van der Waals surface area contributed by atoms with E-state index >= 15 is 0 Å². The number of nitrogens with zero attached hydrogens (tertiary/aromatic N) is 1. The summed E-state index contributed by atoms with van der Waals surface area (Å²) in [6.07, 6.45) is 2.47. The Balaban J connectivity index is 1.69. The van der Waals surface area contributed by atoms with E-state index in [1.807, 2.05) is 36.9 Å². The van der Waals surface area contributed by atoms with Crippen molar-refractivity contribution in [2.24, 2.45) is 0 Å². The summed E-state index contributed by atoms with van der Waals surface area (Å²) >= 11 is 0. The van der Waals surface area contributed by atoms with E-state index in [4.69, 9.17) is 4.74 Å². The van der Waals surface area contributed by atoms with E-state index in [1.165, 1.54) is 0 Å². The van der Waals surface area contributed by atoms with Gasteiger partial charge in [0.2, 0.25) is 15.9 Å². The molecule has 0 aromatic heterocycles. The lowest BCUT2D eigenvalue weighted by atomic mass is 10.1. The van der Waals surface area contributed by atoms with E-state index in [0.29, 0.717) is 45.4 Å². The van der Waals surface area contributed by atoms with E-state index in [2.05, 4.69) is 4.72 Å². The normalized spacial score (nSPS) is 15.9. The Hall–Kier alpha value is -1.60. The first-order valence-corrected chi connectivity index (χ1v) is 10.9. The third kappa shape index (κ3) is 5.99. The fourth-order valence-electron chi connectivity index (χ4n) is 3.17. The first kappa shape index (κ1) is 20.7. The summed E-state index contributed by atoms with van der Waals surface area (Å²) in [6.45, 7) is 7.39. The molecule has 1 aromatic rings. The van der Waals surface area contributed by atoms with Crippen LogP contribution in [0.25, 0.3) is 0 Å². The first-order chi connectivity index (χ1) is 12.3. The molecule has 0 radical (unpaired) electrons. The van der Waals surface area contributed by atoms with Crippen molar-refractivity contribution >= 4 is 15.9 Å².